The first-order chi connectivity index (χ1) is 7.84. The Kier molecular flexibility index (Phi) is 1.93. The van der Waals surface area contributed by atoms with Gasteiger partial charge in [0.15, 0.2) is 11.5 Å². The van der Waals surface area contributed by atoms with Gasteiger partial charge in [-0.2, -0.15) is 9.61 Å². The molecule has 0 radical (unpaired) electrons. The summed E-state index contributed by atoms with van der Waals surface area (Å²) in [7, 11) is 0. The van der Waals surface area contributed by atoms with Crippen LogP contribution < -0.4 is 0 Å². The van der Waals surface area contributed by atoms with Crippen LogP contribution in [0.2, 0.25) is 0 Å². The highest BCUT2D eigenvalue weighted by molar-refractivity contribution is 5.65. The minimum absolute atomic E-state index is 0.777. The minimum atomic E-state index is 0.777. The first-order valence-corrected chi connectivity index (χ1v) is 5.08. The van der Waals surface area contributed by atoms with E-state index in [1.807, 2.05) is 37.4 Å². The summed E-state index contributed by atoms with van der Waals surface area (Å²) in [4.78, 5) is 0. The van der Waals surface area contributed by atoms with Crippen molar-refractivity contribution in [2.45, 2.75) is 6.92 Å². The molecule has 0 saturated carbocycles. The Labute approximate surface area is 92.6 Å². The van der Waals surface area contributed by atoms with Crippen LogP contribution in [-0.2, 0) is 0 Å². The monoisotopic (exact) mass is 210 g/mol. The lowest BCUT2D eigenvalue weighted by atomic mass is 10.1. The minimum Gasteiger partial charge on any atom is -0.198 e. The standard InChI is InChI=1S/C12H10N4/c1-9-14-15-12-7-11(8-13-16(9)12)10-5-3-2-4-6-10/h2-8H,1H3. The Morgan fingerprint density at radius 1 is 1.00 bits per heavy atom. The van der Waals surface area contributed by atoms with Crippen LogP contribution >= 0.6 is 0 Å². The second-order valence-electron chi connectivity index (χ2n) is 3.63. The summed E-state index contributed by atoms with van der Waals surface area (Å²) < 4.78 is 1.73. The van der Waals surface area contributed by atoms with Gasteiger partial charge in [-0.05, 0) is 18.6 Å². The van der Waals surface area contributed by atoms with E-state index in [-0.39, 0.29) is 0 Å². The van der Waals surface area contributed by atoms with E-state index in [0.29, 0.717) is 0 Å². The van der Waals surface area contributed by atoms with E-state index in [2.05, 4.69) is 27.4 Å². The van der Waals surface area contributed by atoms with Crippen LogP contribution in [0.5, 0.6) is 0 Å². The fourth-order valence-corrected chi connectivity index (χ4v) is 1.69. The first kappa shape index (κ1) is 9.03. The Bertz CT molecular complexity index is 628. The van der Waals surface area contributed by atoms with Gasteiger partial charge < -0.3 is 0 Å². The molecule has 2 heterocycles. The van der Waals surface area contributed by atoms with Gasteiger partial charge in [0, 0.05) is 5.56 Å². The molecule has 0 aliphatic heterocycles. The molecule has 0 N–H and O–H groups in total. The third-order valence-corrected chi connectivity index (χ3v) is 2.52. The van der Waals surface area contributed by atoms with Crippen molar-refractivity contribution in [3.63, 3.8) is 0 Å². The molecule has 4 heteroatoms. The van der Waals surface area contributed by atoms with E-state index in [9.17, 15) is 0 Å². The molecule has 0 fully saturated rings. The van der Waals surface area contributed by atoms with Gasteiger partial charge in [0.05, 0.1) is 6.20 Å². The van der Waals surface area contributed by atoms with Crippen molar-refractivity contribution in [3.05, 3.63) is 48.4 Å². The van der Waals surface area contributed by atoms with Crippen molar-refractivity contribution in [2.75, 3.05) is 0 Å². The number of aromatic nitrogens is 4. The number of benzene rings is 1. The normalized spacial score (nSPS) is 10.8. The zero-order valence-corrected chi connectivity index (χ0v) is 8.83. The van der Waals surface area contributed by atoms with Crippen molar-refractivity contribution in [1.82, 2.24) is 19.8 Å². The quantitative estimate of drug-likeness (QED) is 0.617. The number of hydrogen-bond donors (Lipinski definition) is 0. The van der Waals surface area contributed by atoms with Crippen molar-refractivity contribution >= 4 is 5.65 Å². The van der Waals surface area contributed by atoms with Gasteiger partial charge in [-0.25, -0.2) is 0 Å². The van der Waals surface area contributed by atoms with E-state index in [1.165, 1.54) is 0 Å². The summed E-state index contributed by atoms with van der Waals surface area (Å²) in [5, 5.41) is 12.3. The molecule has 0 saturated heterocycles. The molecule has 0 spiro atoms. The zero-order valence-electron chi connectivity index (χ0n) is 8.83. The summed E-state index contributed by atoms with van der Waals surface area (Å²) >= 11 is 0. The average molecular weight is 210 g/mol. The molecule has 78 valence electrons. The molecular weight excluding hydrogens is 200 g/mol. The molecule has 3 aromatic rings. The first-order valence-electron chi connectivity index (χ1n) is 5.08. The van der Waals surface area contributed by atoms with Gasteiger partial charge in [-0.15, -0.1) is 10.2 Å². The van der Waals surface area contributed by atoms with Crippen LogP contribution in [0.4, 0.5) is 0 Å². The molecule has 0 atom stereocenters. The van der Waals surface area contributed by atoms with E-state index in [4.69, 9.17) is 0 Å². The number of hydrogen-bond acceptors (Lipinski definition) is 3. The molecule has 0 aliphatic carbocycles. The summed E-state index contributed by atoms with van der Waals surface area (Å²) in [6.07, 6.45) is 1.83. The molecular formula is C12H10N4. The molecule has 0 amide bonds. The fraction of sp³-hybridized carbons (Fsp3) is 0.0833. The Hall–Kier alpha value is -2.23. The van der Waals surface area contributed by atoms with Gasteiger partial charge in [0.1, 0.15) is 0 Å². The van der Waals surface area contributed by atoms with Crippen LogP contribution in [-0.4, -0.2) is 19.8 Å². The predicted molar refractivity (Wildman–Crippen MR) is 61.0 cm³/mol. The number of fused-ring (bicyclic) bond motifs is 1. The van der Waals surface area contributed by atoms with E-state index in [1.54, 1.807) is 4.52 Å². The topological polar surface area (TPSA) is 43.1 Å². The van der Waals surface area contributed by atoms with Crippen LogP contribution in [0.1, 0.15) is 5.82 Å². The lowest BCUT2D eigenvalue weighted by molar-refractivity contribution is 0.876. The second kappa shape index (κ2) is 3.41. The van der Waals surface area contributed by atoms with E-state index < -0.39 is 0 Å². The summed E-state index contributed by atoms with van der Waals surface area (Å²) in [5.41, 5.74) is 2.97. The maximum absolute atomic E-state index is 4.31. The average Bonchev–Trinajstić information content (AvgIpc) is 2.72. The fourth-order valence-electron chi connectivity index (χ4n) is 1.69. The molecule has 16 heavy (non-hydrogen) atoms. The van der Waals surface area contributed by atoms with Gasteiger partial charge in [-0.3, -0.25) is 0 Å². The zero-order chi connectivity index (χ0) is 11.0. The number of nitrogens with zero attached hydrogens (tertiary/aromatic N) is 4. The van der Waals surface area contributed by atoms with E-state index in [0.717, 1.165) is 22.6 Å². The smallest absolute Gasteiger partial charge is 0.178 e. The van der Waals surface area contributed by atoms with E-state index >= 15 is 0 Å². The molecule has 3 rings (SSSR count). The second-order valence-corrected chi connectivity index (χ2v) is 3.63. The Morgan fingerprint density at radius 3 is 2.62 bits per heavy atom. The summed E-state index contributed by atoms with van der Waals surface area (Å²) in [5.74, 6) is 0.801. The third-order valence-electron chi connectivity index (χ3n) is 2.52. The summed E-state index contributed by atoms with van der Waals surface area (Å²) in [6, 6.07) is 12.1. The van der Waals surface area contributed by atoms with Crippen LogP contribution in [0.3, 0.4) is 0 Å². The Balaban J connectivity index is 2.19. The highest BCUT2D eigenvalue weighted by Gasteiger charge is 2.04. The van der Waals surface area contributed by atoms with Gasteiger partial charge in [0.25, 0.3) is 0 Å². The maximum atomic E-state index is 4.31. The van der Waals surface area contributed by atoms with Crippen LogP contribution in [0, 0.1) is 6.92 Å². The molecule has 0 unspecified atom stereocenters. The predicted octanol–water partition coefficient (Wildman–Crippen LogP) is 2.10. The summed E-state index contributed by atoms with van der Waals surface area (Å²) in [6.45, 7) is 1.88. The molecule has 4 nitrogen and oxygen atoms in total. The molecule has 1 aromatic carbocycles. The maximum Gasteiger partial charge on any atom is 0.178 e. The van der Waals surface area contributed by atoms with Crippen LogP contribution in [0.15, 0.2) is 42.6 Å². The van der Waals surface area contributed by atoms with Gasteiger partial charge in [0.2, 0.25) is 0 Å². The molecule has 0 aliphatic rings. The highest BCUT2D eigenvalue weighted by atomic mass is 15.4. The van der Waals surface area contributed by atoms with Crippen molar-refractivity contribution in [2.24, 2.45) is 0 Å². The van der Waals surface area contributed by atoms with Crippen molar-refractivity contribution < 1.29 is 0 Å². The molecule has 2 aromatic heterocycles. The van der Waals surface area contributed by atoms with Gasteiger partial charge >= 0.3 is 0 Å². The molecule has 0 bridgehead atoms. The Morgan fingerprint density at radius 2 is 1.81 bits per heavy atom. The van der Waals surface area contributed by atoms with Gasteiger partial charge in [-0.1, -0.05) is 30.3 Å². The lowest BCUT2D eigenvalue weighted by Gasteiger charge is -2.00. The van der Waals surface area contributed by atoms with Crippen molar-refractivity contribution in [1.29, 1.82) is 0 Å². The highest BCUT2D eigenvalue weighted by Crippen LogP contribution is 2.18. The lowest BCUT2D eigenvalue weighted by Crippen LogP contribution is -1.94. The number of rotatable bonds is 1. The van der Waals surface area contributed by atoms with Crippen LogP contribution in [0.25, 0.3) is 16.8 Å². The number of aryl methyl sites for hydroxylation is 1. The van der Waals surface area contributed by atoms with Crippen molar-refractivity contribution in [3.8, 4) is 11.1 Å². The SMILES string of the molecule is Cc1nnc2cc(-c3ccccc3)cnn12. The third kappa shape index (κ3) is 1.35. The largest absolute Gasteiger partial charge is 0.198 e.